The SMILES string of the molecule is COC(=O)c1ccc(C=CC(=O)O)cn1. The van der Waals surface area contributed by atoms with Crippen LogP contribution in [0.25, 0.3) is 6.08 Å². The lowest BCUT2D eigenvalue weighted by molar-refractivity contribution is -0.131. The number of esters is 1. The van der Waals surface area contributed by atoms with Gasteiger partial charge in [-0.05, 0) is 17.7 Å². The van der Waals surface area contributed by atoms with Gasteiger partial charge >= 0.3 is 11.9 Å². The molecular weight excluding hydrogens is 198 g/mol. The van der Waals surface area contributed by atoms with Crippen molar-refractivity contribution in [2.45, 2.75) is 0 Å². The van der Waals surface area contributed by atoms with Gasteiger partial charge in [0.15, 0.2) is 0 Å². The Kier molecular flexibility index (Phi) is 3.56. The van der Waals surface area contributed by atoms with Crippen LogP contribution < -0.4 is 0 Å². The van der Waals surface area contributed by atoms with Crippen molar-refractivity contribution in [2.75, 3.05) is 7.11 Å². The molecule has 0 aliphatic heterocycles. The molecule has 0 atom stereocenters. The van der Waals surface area contributed by atoms with Crippen LogP contribution >= 0.6 is 0 Å². The number of carboxylic acids is 1. The number of carbonyl (C=O) groups excluding carboxylic acids is 1. The lowest BCUT2D eigenvalue weighted by Gasteiger charge is -1.97. The van der Waals surface area contributed by atoms with Crippen LogP contribution in [0, 0.1) is 0 Å². The van der Waals surface area contributed by atoms with Crippen LogP contribution in [0.4, 0.5) is 0 Å². The molecule has 0 bridgehead atoms. The number of hydrogen-bond donors (Lipinski definition) is 1. The molecular formula is C10H9NO4. The molecule has 0 fully saturated rings. The maximum atomic E-state index is 11.0. The van der Waals surface area contributed by atoms with Crippen LogP contribution in [0.3, 0.4) is 0 Å². The Balaban J connectivity index is 2.81. The summed E-state index contributed by atoms with van der Waals surface area (Å²) in [5.74, 6) is -1.56. The molecule has 0 amide bonds. The Hall–Kier alpha value is -2.17. The van der Waals surface area contributed by atoms with E-state index in [1.807, 2.05) is 0 Å². The highest BCUT2D eigenvalue weighted by Crippen LogP contribution is 2.03. The second kappa shape index (κ2) is 4.90. The normalized spacial score (nSPS) is 10.2. The molecule has 0 saturated heterocycles. The molecule has 15 heavy (non-hydrogen) atoms. The first kappa shape index (κ1) is 10.9. The minimum atomic E-state index is -1.04. The first-order chi connectivity index (χ1) is 7.13. The number of pyridine rings is 1. The monoisotopic (exact) mass is 207 g/mol. The van der Waals surface area contributed by atoms with Gasteiger partial charge in [0.1, 0.15) is 5.69 Å². The summed E-state index contributed by atoms with van der Waals surface area (Å²) in [6.45, 7) is 0. The number of methoxy groups -OCH3 is 1. The van der Waals surface area contributed by atoms with E-state index in [2.05, 4.69) is 9.72 Å². The molecule has 0 aromatic carbocycles. The molecule has 0 spiro atoms. The molecule has 0 unspecified atom stereocenters. The zero-order valence-corrected chi connectivity index (χ0v) is 8.01. The summed E-state index contributed by atoms with van der Waals surface area (Å²) in [7, 11) is 1.27. The molecule has 5 nitrogen and oxygen atoms in total. The molecule has 78 valence electrons. The topological polar surface area (TPSA) is 76.5 Å². The number of carboxylic acid groups (broad SMARTS) is 1. The third-order valence-corrected chi connectivity index (χ3v) is 1.60. The molecule has 0 aliphatic carbocycles. The van der Waals surface area contributed by atoms with Gasteiger partial charge in [-0.15, -0.1) is 0 Å². The summed E-state index contributed by atoms with van der Waals surface area (Å²) in [5.41, 5.74) is 0.787. The van der Waals surface area contributed by atoms with Gasteiger partial charge in [-0.1, -0.05) is 6.07 Å². The highest BCUT2D eigenvalue weighted by molar-refractivity contribution is 5.88. The number of hydrogen-bond acceptors (Lipinski definition) is 4. The van der Waals surface area contributed by atoms with Crippen molar-refractivity contribution >= 4 is 18.0 Å². The predicted molar refractivity (Wildman–Crippen MR) is 52.2 cm³/mol. The molecule has 0 radical (unpaired) electrons. The number of nitrogens with zero attached hydrogens (tertiary/aromatic N) is 1. The van der Waals surface area contributed by atoms with Crippen molar-refractivity contribution < 1.29 is 19.4 Å². The average molecular weight is 207 g/mol. The van der Waals surface area contributed by atoms with Gasteiger partial charge in [-0.25, -0.2) is 14.6 Å². The molecule has 1 heterocycles. The number of rotatable bonds is 3. The number of carbonyl (C=O) groups is 2. The van der Waals surface area contributed by atoms with Crippen molar-refractivity contribution in [2.24, 2.45) is 0 Å². The van der Waals surface area contributed by atoms with E-state index in [0.29, 0.717) is 5.56 Å². The van der Waals surface area contributed by atoms with Gasteiger partial charge in [0, 0.05) is 12.3 Å². The second-order valence-electron chi connectivity index (χ2n) is 2.64. The fourth-order valence-electron chi connectivity index (χ4n) is 0.897. The van der Waals surface area contributed by atoms with Crippen LogP contribution in [0.1, 0.15) is 16.1 Å². The minimum Gasteiger partial charge on any atom is -0.478 e. The molecule has 0 aliphatic rings. The Morgan fingerprint density at radius 2 is 2.20 bits per heavy atom. The smallest absolute Gasteiger partial charge is 0.356 e. The highest BCUT2D eigenvalue weighted by Gasteiger charge is 2.04. The average Bonchev–Trinajstić information content (AvgIpc) is 2.26. The van der Waals surface area contributed by atoms with E-state index in [4.69, 9.17) is 5.11 Å². The van der Waals surface area contributed by atoms with Gasteiger partial charge in [-0.3, -0.25) is 0 Å². The van der Waals surface area contributed by atoms with Crippen LogP contribution in [0.5, 0.6) is 0 Å². The van der Waals surface area contributed by atoms with E-state index in [-0.39, 0.29) is 5.69 Å². The van der Waals surface area contributed by atoms with Crippen molar-refractivity contribution in [1.29, 1.82) is 0 Å². The zero-order valence-electron chi connectivity index (χ0n) is 8.01. The molecule has 1 N–H and O–H groups in total. The summed E-state index contributed by atoms with van der Waals surface area (Å²) in [4.78, 5) is 25.0. The first-order valence-electron chi connectivity index (χ1n) is 4.09. The Morgan fingerprint density at radius 1 is 1.47 bits per heavy atom. The summed E-state index contributed by atoms with van der Waals surface area (Å²) in [6, 6.07) is 3.05. The first-order valence-corrected chi connectivity index (χ1v) is 4.09. The predicted octanol–water partition coefficient (Wildman–Crippen LogP) is 0.966. The summed E-state index contributed by atoms with van der Waals surface area (Å²) in [5, 5.41) is 8.37. The summed E-state index contributed by atoms with van der Waals surface area (Å²) < 4.78 is 4.46. The van der Waals surface area contributed by atoms with E-state index in [1.165, 1.54) is 25.4 Å². The van der Waals surface area contributed by atoms with E-state index in [0.717, 1.165) is 6.08 Å². The molecule has 5 heteroatoms. The van der Waals surface area contributed by atoms with Gasteiger partial charge in [0.2, 0.25) is 0 Å². The lowest BCUT2D eigenvalue weighted by Crippen LogP contribution is -2.03. The maximum absolute atomic E-state index is 11.0. The second-order valence-corrected chi connectivity index (χ2v) is 2.64. The minimum absolute atomic E-state index is 0.185. The standard InChI is InChI=1S/C10H9NO4/c1-15-10(14)8-4-2-7(6-11-8)3-5-9(12)13/h2-6H,1H3,(H,12,13). The zero-order chi connectivity index (χ0) is 11.3. The fraction of sp³-hybridized carbons (Fsp3) is 0.100. The molecule has 0 saturated carbocycles. The largest absolute Gasteiger partial charge is 0.478 e. The van der Waals surface area contributed by atoms with Crippen molar-refractivity contribution in [3.05, 3.63) is 35.7 Å². The number of aromatic nitrogens is 1. The van der Waals surface area contributed by atoms with Gasteiger partial charge < -0.3 is 9.84 Å². The van der Waals surface area contributed by atoms with Crippen LogP contribution in [-0.2, 0) is 9.53 Å². The Labute approximate surface area is 86.0 Å². The van der Waals surface area contributed by atoms with Crippen LogP contribution in [-0.4, -0.2) is 29.1 Å². The molecule has 1 aromatic heterocycles. The van der Waals surface area contributed by atoms with Crippen molar-refractivity contribution in [3.8, 4) is 0 Å². The van der Waals surface area contributed by atoms with E-state index in [9.17, 15) is 9.59 Å². The van der Waals surface area contributed by atoms with Gasteiger partial charge in [-0.2, -0.15) is 0 Å². The number of ether oxygens (including phenoxy) is 1. The van der Waals surface area contributed by atoms with Crippen molar-refractivity contribution in [1.82, 2.24) is 4.98 Å². The third kappa shape index (κ3) is 3.22. The van der Waals surface area contributed by atoms with E-state index >= 15 is 0 Å². The molecule has 1 rings (SSSR count). The van der Waals surface area contributed by atoms with Crippen LogP contribution in [0.2, 0.25) is 0 Å². The lowest BCUT2D eigenvalue weighted by atomic mass is 10.2. The fourth-order valence-corrected chi connectivity index (χ4v) is 0.897. The van der Waals surface area contributed by atoms with Crippen LogP contribution in [0.15, 0.2) is 24.4 Å². The number of aliphatic carboxylic acids is 1. The Bertz CT molecular complexity index is 394. The quantitative estimate of drug-likeness (QED) is 0.590. The third-order valence-electron chi connectivity index (χ3n) is 1.60. The van der Waals surface area contributed by atoms with Gasteiger partial charge in [0.05, 0.1) is 7.11 Å². The van der Waals surface area contributed by atoms with Crippen molar-refractivity contribution in [3.63, 3.8) is 0 Å². The van der Waals surface area contributed by atoms with Gasteiger partial charge in [0.25, 0.3) is 0 Å². The highest BCUT2D eigenvalue weighted by atomic mass is 16.5. The van der Waals surface area contributed by atoms with E-state index < -0.39 is 11.9 Å². The van der Waals surface area contributed by atoms with E-state index in [1.54, 1.807) is 6.07 Å². The molecule has 1 aromatic rings. The Morgan fingerprint density at radius 3 is 2.67 bits per heavy atom. The maximum Gasteiger partial charge on any atom is 0.356 e. The summed E-state index contributed by atoms with van der Waals surface area (Å²) >= 11 is 0. The summed E-state index contributed by atoms with van der Waals surface area (Å²) in [6.07, 6.45) is 3.77.